The Morgan fingerprint density at radius 1 is 1.06 bits per heavy atom. The van der Waals surface area contributed by atoms with Gasteiger partial charge in [-0.1, -0.05) is 48.5 Å². The normalized spacial score (nSPS) is 15.5. The molecule has 0 spiro atoms. The summed E-state index contributed by atoms with van der Waals surface area (Å²) >= 11 is 0. The van der Waals surface area contributed by atoms with Gasteiger partial charge in [0.2, 0.25) is 0 Å². The number of guanidine groups is 1. The van der Waals surface area contributed by atoms with E-state index in [-0.39, 0.29) is 6.10 Å². The molecular weight excluding hydrogens is 388 g/mol. The van der Waals surface area contributed by atoms with Gasteiger partial charge in [-0.25, -0.2) is 4.99 Å². The van der Waals surface area contributed by atoms with Crippen LogP contribution >= 0.6 is 0 Å². The van der Waals surface area contributed by atoms with Crippen LogP contribution in [0.15, 0.2) is 59.6 Å². The van der Waals surface area contributed by atoms with Gasteiger partial charge in [-0.15, -0.1) is 0 Å². The highest BCUT2D eigenvalue weighted by Gasteiger charge is 2.14. The van der Waals surface area contributed by atoms with Gasteiger partial charge < -0.3 is 25.0 Å². The summed E-state index contributed by atoms with van der Waals surface area (Å²) < 4.78 is 11.5. The molecule has 6 nitrogen and oxygen atoms in total. The Morgan fingerprint density at radius 3 is 2.58 bits per heavy atom. The number of nitrogens with one attached hydrogen (secondary N) is 2. The van der Waals surface area contributed by atoms with Crippen molar-refractivity contribution >= 4 is 11.6 Å². The van der Waals surface area contributed by atoms with Gasteiger partial charge >= 0.3 is 0 Å². The molecule has 0 radical (unpaired) electrons. The molecule has 1 unspecified atom stereocenters. The van der Waals surface area contributed by atoms with Crippen molar-refractivity contribution in [2.45, 2.75) is 32.9 Å². The van der Waals surface area contributed by atoms with Crippen LogP contribution in [0.3, 0.4) is 0 Å². The number of para-hydroxylation sites is 1. The summed E-state index contributed by atoms with van der Waals surface area (Å²) in [5.74, 6) is 0.843. The summed E-state index contributed by atoms with van der Waals surface area (Å²) in [5.41, 5.74) is 3.71. The lowest BCUT2D eigenvalue weighted by atomic mass is 10.1. The first-order valence-corrected chi connectivity index (χ1v) is 11.4. The fourth-order valence-corrected chi connectivity index (χ4v) is 3.62. The predicted octanol–water partition coefficient (Wildman–Crippen LogP) is 3.75. The number of anilines is 1. The van der Waals surface area contributed by atoms with Gasteiger partial charge in [-0.2, -0.15) is 0 Å². The van der Waals surface area contributed by atoms with Gasteiger partial charge in [0, 0.05) is 38.5 Å². The van der Waals surface area contributed by atoms with Crippen LogP contribution in [0.5, 0.6) is 0 Å². The molecule has 31 heavy (non-hydrogen) atoms. The number of benzene rings is 2. The van der Waals surface area contributed by atoms with Crippen molar-refractivity contribution in [2.24, 2.45) is 4.99 Å². The van der Waals surface area contributed by atoms with E-state index in [4.69, 9.17) is 14.5 Å². The van der Waals surface area contributed by atoms with Crippen LogP contribution in [-0.4, -0.2) is 52.0 Å². The Bertz CT molecular complexity index is 791. The average molecular weight is 425 g/mol. The zero-order valence-corrected chi connectivity index (χ0v) is 18.8. The van der Waals surface area contributed by atoms with E-state index >= 15 is 0 Å². The number of hydrogen-bond donors (Lipinski definition) is 2. The number of nitrogens with zero attached hydrogens (tertiary/aromatic N) is 2. The van der Waals surface area contributed by atoms with Crippen molar-refractivity contribution in [1.29, 1.82) is 0 Å². The van der Waals surface area contributed by atoms with Gasteiger partial charge in [-0.3, -0.25) is 0 Å². The number of aliphatic imine (C=N–C) groups is 1. The molecule has 0 bridgehead atoms. The number of rotatable bonds is 10. The monoisotopic (exact) mass is 424 g/mol. The maximum Gasteiger partial charge on any atom is 0.191 e. The van der Waals surface area contributed by atoms with E-state index in [2.05, 4.69) is 65.8 Å². The van der Waals surface area contributed by atoms with E-state index in [0.29, 0.717) is 13.2 Å². The molecule has 6 heteroatoms. The summed E-state index contributed by atoms with van der Waals surface area (Å²) in [4.78, 5) is 7.20. The van der Waals surface area contributed by atoms with E-state index in [9.17, 15) is 0 Å². The maximum atomic E-state index is 5.97. The van der Waals surface area contributed by atoms with Gasteiger partial charge in [-0.05, 0) is 37.5 Å². The van der Waals surface area contributed by atoms with Gasteiger partial charge in [0.25, 0.3) is 0 Å². The Balaban J connectivity index is 1.47. The zero-order chi connectivity index (χ0) is 21.7. The molecule has 1 saturated heterocycles. The summed E-state index contributed by atoms with van der Waals surface area (Å²) in [6.45, 7) is 10.6. The molecule has 2 aromatic rings. The Kier molecular flexibility index (Phi) is 9.67. The van der Waals surface area contributed by atoms with Crippen molar-refractivity contribution in [3.63, 3.8) is 0 Å². The highest BCUT2D eigenvalue weighted by Crippen LogP contribution is 2.22. The molecule has 0 amide bonds. The fourth-order valence-electron chi connectivity index (χ4n) is 3.62. The van der Waals surface area contributed by atoms with Crippen LogP contribution in [0.1, 0.15) is 37.5 Å². The SMILES string of the molecule is CCNC(=NCc1ccccc1N1CCOCC1)NCCCOC(C)c1ccccc1. The second-order valence-corrected chi connectivity index (χ2v) is 7.63. The standard InChI is InChI=1S/C25H36N4O2/c1-3-26-25(27-14-9-17-31-21(2)22-10-5-4-6-11-22)28-20-23-12-7-8-13-24(23)29-15-18-30-19-16-29/h4-8,10-13,21H,3,9,14-20H2,1-2H3,(H2,26,27,28). The zero-order valence-electron chi connectivity index (χ0n) is 18.8. The van der Waals surface area contributed by atoms with E-state index in [0.717, 1.165) is 51.8 Å². The van der Waals surface area contributed by atoms with Crippen molar-refractivity contribution < 1.29 is 9.47 Å². The third-order valence-corrected chi connectivity index (χ3v) is 5.35. The van der Waals surface area contributed by atoms with Gasteiger partial charge in [0.1, 0.15) is 0 Å². The lowest BCUT2D eigenvalue weighted by molar-refractivity contribution is 0.0646. The molecule has 0 aliphatic carbocycles. The molecule has 2 aromatic carbocycles. The molecular formula is C25H36N4O2. The molecule has 2 N–H and O–H groups in total. The third-order valence-electron chi connectivity index (χ3n) is 5.35. The molecule has 0 aromatic heterocycles. The first kappa shape index (κ1) is 23.1. The Morgan fingerprint density at radius 2 is 1.81 bits per heavy atom. The molecule has 1 aliphatic heterocycles. The fraction of sp³-hybridized carbons (Fsp3) is 0.480. The third kappa shape index (κ3) is 7.56. The summed E-state index contributed by atoms with van der Waals surface area (Å²) in [6.07, 6.45) is 1.03. The van der Waals surface area contributed by atoms with Crippen LogP contribution < -0.4 is 15.5 Å². The molecule has 1 aliphatic rings. The largest absolute Gasteiger partial charge is 0.378 e. The highest BCUT2D eigenvalue weighted by molar-refractivity contribution is 5.79. The van der Waals surface area contributed by atoms with Gasteiger partial charge in [0.05, 0.1) is 25.9 Å². The van der Waals surface area contributed by atoms with Crippen LogP contribution in [0.4, 0.5) is 5.69 Å². The van der Waals surface area contributed by atoms with Crippen LogP contribution in [0.2, 0.25) is 0 Å². The molecule has 3 rings (SSSR count). The smallest absolute Gasteiger partial charge is 0.191 e. The van der Waals surface area contributed by atoms with Crippen molar-refractivity contribution in [2.75, 3.05) is 50.9 Å². The van der Waals surface area contributed by atoms with Crippen LogP contribution in [0.25, 0.3) is 0 Å². The molecule has 168 valence electrons. The second kappa shape index (κ2) is 13.0. The Hall–Kier alpha value is -2.57. The lowest BCUT2D eigenvalue weighted by Gasteiger charge is -2.30. The minimum Gasteiger partial charge on any atom is -0.378 e. The topological polar surface area (TPSA) is 58.1 Å². The number of morpholine rings is 1. The Labute approximate surface area is 186 Å². The van der Waals surface area contributed by atoms with E-state index < -0.39 is 0 Å². The highest BCUT2D eigenvalue weighted by atomic mass is 16.5. The maximum absolute atomic E-state index is 5.97. The summed E-state index contributed by atoms with van der Waals surface area (Å²) in [5, 5.41) is 6.77. The van der Waals surface area contributed by atoms with Crippen molar-refractivity contribution in [3.05, 3.63) is 65.7 Å². The first-order chi connectivity index (χ1) is 15.3. The first-order valence-electron chi connectivity index (χ1n) is 11.4. The quantitative estimate of drug-likeness (QED) is 0.346. The van der Waals surface area contributed by atoms with Crippen molar-refractivity contribution in [3.8, 4) is 0 Å². The molecule has 1 fully saturated rings. The minimum atomic E-state index is 0.111. The second-order valence-electron chi connectivity index (χ2n) is 7.63. The van der Waals surface area contributed by atoms with Gasteiger partial charge in [0.15, 0.2) is 5.96 Å². The van der Waals surface area contributed by atoms with Crippen LogP contribution in [-0.2, 0) is 16.0 Å². The van der Waals surface area contributed by atoms with E-state index in [1.165, 1.54) is 16.8 Å². The average Bonchev–Trinajstić information content (AvgIpc) is 2.83. The van der Waals surface area contributed by atoms with E-state index in [1.54, 1.807) is 0 Å². The molecule has 1 heterocycles. The predicted molar refractivity (Wildman–Crippen MR) is 128 cm³/mol. The summed E-state index contributed by atoms with van der Waals surface area (Å²) in [7, 11) is 0. The van der Waals surface area contributed by atoms with Crippen molar-refractivity contribution in [1.82, 2.24) is 10.6 Å². The van der Waals surface area contributed by atoms with E-state index in [1.807, 2.05) is 18.2 Å². The lowest BCUT2D eigenvalue weighted by Crippen LogP contribution is -2.38. The van der Waals surface area contributed by atoms with Crippen LogP contribution in [0, 0.1) is 0 Å². The summed E-state index contributed by atoms with van der Waals surface area (Å²) in [6, 6.07) is 18.9. The minimum absolute atomic E-state index is 0.111. The molecule has 1 atom stereocenters. The number of ether oxygens (including phenoxy) is 2. The molecule has 0 saturated carbocycles. The number of hydrogen-bond acceptors (Lipinski definition) is 4.